The third-order valence-corrected chi connectivity index (χ3v) is 5.16. The van der Waals surface area contributed by atoms with Crippen LogP contribution in [0.3, 0.4) is 0 Å². The molecule has 0 aliphatic carbocycles. The van der Waals surface area contributed by atoms with E-state index in [2.05, 4.69) is 0 Å². The van der Waals surface area contributed by atoms with E-state index < -0.39 is 0 Å². The average molecular weight is 373 g/mol. The van der Waals surface area contributed by atoms with Crippen LogP contribution in [0.25, 0.3) is 17.4 Å². The minimum Gasteiger partial charge on any atom is -0.457 e. The van der Waals surface area contributed by atoms with Crippen molar-refractivity contribution in [2.75, 3.05) is 0 Å². The molecule has 0 unspecified atom stereocenters. The van der Waals surface area contributed by atoms with Crippen molar-refractivity contribution in [2.45, 2.75) is 4.90 Å². The van der Waals surface area contributed by atoms with Crippen molar-refractivity contribution in [3.8, 4) is 11.3 Å². The predicted molar refractivity (Wildman–Crippen MR) is 98.8 cm³/mol. The molecule has 0 amide bonds. The van der Waals surface area contributed by atoms with Gasteiger partial charge in [-0.1, -0.05) is 47.1 Å². The maximum Gasteiger partial charge on any atom is 0.200 e. The molecule has 5 heteroatoms. The molecule has 2 nitrogen and oxygen atoms in total. The lowest BCUT2D eigenvalue weighted by Crippen LogP contribution is -1.93. The summed E-state index contributed by atoms with van der Waals surface area (Å²) in [6, 6.07) is 16.5. The summed E-state index contributed by atoms with van der Waals surface area (Å²) in [4.78, 5) is 14.0. The molecule has 0 fully saturated rings. The van der Waals surface area contributed by atoms with Crippen LogP contribution in [-0.2, 0) is 0 Å². The van der Waals surface area contributed by atoms with Gasteiger partial charge in [-0.15, -0.1) is 0 Å². The van der Waals surface area contributed by atoms with Crippen molar-refractivity contribution in [3.63, 3.8) is 0 Å². The molecule has 2 heterocycles. The number of carbonyl (C=O) groups is 1. The first-order chi connectivity index (χ1) is 11.6. The van der Waals surface area contributed by atoms with Gasteiger partial charge in [0.25, 0.3) is 0 Å². The van der Waals surface area contributed by atoms with E-state index in [4.69, 9.17) is 27.6 Å². The van der Waals surface area contributed by atoms with Crippen molar-refractivity contribution in [3.05, 3.63) is 80.9 Å². The molecule has 0 spiro atoms. The van der Waals surface area contributed by atoms with Gasteiger partial charge < -0.3 is 4.42 Å². The second-order valence-electron chi connectivity index (χ2n) is 5.30. The summed E-state index contributed by atoms with van der Waals surface area (Å²) >= 11 is 13.5. The molecule has 1 aliphatic rings. The Bertz CT molecular complexity index is 968. The number of allylic oxidation sites excluding steroid dienone is 1. The molecule has 0 N–H and O–H groups in total. The van der Waals surface area contributed by atoms with Gasteiger partial charge in [0.2, 0.25) is 5.78 Å². The highest BCUT2D eigenvalue weighted by molar-refractivity contribution is 8.04. The minimum atomic E-state index is 0.0272. The van der Waals surface area contributed by atoms with E-state index in [0.717, 1.165) is 16.0 Å². The van der Waals surface area contributed by atoms with Crippen LogP contribution in [0, 0.1) is 0 Å². The molecule has 0 bridgehead atoms. The number of carbonyl (C=O) groups excluding carboxylic acids is 1. The van der Waals surface area contributed by atoms with Gasteiger partial charge in [-0.3, -0.25) is 4.79 Å². The van der Waals surface area contributed by atoms with Gasteiger partial charge in [0.15, 0.2) is 0 Å². The maximum absolute atomic E-state index is 12.4. The summed E-state index contributed by atoms with van der Waals surface area (Å²) < 4.78 is 5.83. The Morgan fingerprint density at radius 3 is 2.46 bits per heavy atom. The van der Waals surface area contributed by atoms with E-state index in [1.807, 2.05) is 36.4 Å². The summed E-state index contributed by atoms with van der Waals surface area (Å²) in [5.41, 5.74) is 1.54. The number of halogens is 2. The number of furan rings is 1. The highest BCUT2D eigenvalue weighted by Crippen LogP contribution is 2.41. The molecule has 0 radical (unpaired) electrons. The van der Waals surface area contributed by atoms with Gasteiger partial charge in [0.05, 0.1) is 4.91 Å². The fraction of sp³-hybridized carbons (Fsp3) is 0. The van der Waals surface area contributed by atoms with Gasteiger partial charge in [-0.05, 0) is 48.5 Å². The van der Waals surface area contributed by atoms with Crippen LogP contribution in [0.15, 0.2) is 68.8 Å². The summed E-state index contributed by atoms with van der Waals surface area (Å²) in [6.45, 7) is 0. The number of thioether (sulfide) groups is 1. The Balaban J connectivity index is 1.66. The third-order valence-electron chi connectivity index (χ3n) is 3.62. The minimum absolute atomic E-state index is 0.0272. The Morgan fingerprint density at radius 1 is 0.958 bits per heavy atom. The normalized spacial score (nSPS) is 15.1. The number of hydrogen-bond acceptors (Lipinski definition) is 3. The highest BCUT2D eigenvalue weighted by atomic mass is 35.5. The molecule has 24 heavy (non-hydrogen) atoms. The van der Waals surface area contributed by atoms with Crippen LogP contribution in [0.1, 0.15) is 16.1 Å². The molecule has 1 aliphatic heterocycles. The van der Waals surface area contributed by atoms with Crippen molar-refractivity contribution >= 4 is 46.8 Å². The maximum atomic E-state index is 12.4. The standard InChI is InChI=1S/C19H10Cl2O2S/c20-12-7-11(8-13(21)9-12)16-6-5-14(23-16)10-18-19(22)15-3-1-2-4-17(15)24-18/h1-10H/b18-10+. The quantitative estimate of drug-likeness (QED) is 0.475. The first-order valence-electron chi connectivity index (χ1n) is 7.20. The lowest BCUT2D eigenvalue weighted by atomic mass is 10.1. The fourth-order valence-corrected chi connectivity index (χ4v) is 4.10. The Kier molecular flexibility index (Phi) is 4.01. The molecular formula is C19H10Cl2O2S. The molecule has 0 saturated heterocycles. The predicted octanol–water partition coefficient (Wildman–Crippen LogP) is 6.58. The number of ketones is 1. The third kappa shape index (κ3) is 2.91. The molecule has 1 aromatic heterocycles. The molecular weight excluding hydrogens is 363 g/mol. The van der Waals surface area contributed by atoms with Crippen molar-refractivity contribution in [2.24, 2.45) is 0 Å². The van der Waals surface area contributed by atoms with Gasteiger partial charge >= 0.3 is 0 Å². The molecule has 0 atom stereocenters. The van der Waals surface area contributed by atoms with E-state index in [9.17, 15) is 4.79 Å². The largest absolute Gasteiger partial charge is 0.457 e. The SMILES string of the molecule is O=C1/C(=C\c2ccc(-c3cc(Cl)cc(Cl)c3)o2)Sc2ccccc21. The molecule has 0 saturated carbocycles. The van der Waals surface area contributed by atoms with Gasteiger partial charge in [-0.25, -0.2) is 0 Å². The highest BCUT2D eigenvalue weighted by Gasteiger charge is 2.25. The fourth-order valence-electron chi connectivity index (χ4n) is 2.55. The second kappa shape index (κ2) is 6.17. The average Bonchev–Trinajstić information content (AvgIpc) is 3.13. The van der Waals surface area contributed by atoms with E-state index >= 15 is 0 Å². The Labute approximate surface area is 153 Å². The first kappa shape index (κ1) is 15.6. The number of benzene rings is 2. The number of rotatable bonds is 2. The Hall–Kier alpha value is -1.94. The molecule has 2 aromatic carbocycles. The zero-order valence-corrected chi connectivity index (χ0v) is 14.6. The summed E-state index contributed by atoms with van der Waals surface area (Å²) in [5.74, 6) is 1.29. The first-order valence-corrected chi connectivity index (χ1v) is 8.77. The number of Topliss-reactive ketones (excluding diaryl/α,β-unsaturated/α-hetero) is 1. The summed E-state index contributed by atoms with van der Waals surface area (Å²) in [6.07, 6.45) is 1.77. The van der Waals surface area contributed by atoms with Crippen molar-refractivity contribution in [1.82, 2.24) is 0 Å². The van der Waals surface area contributed by atoms with Crippen LogP contribution in [0.2, 0.25) is 10.0 Å². The smallest absolute Gasteiger partial charge is 0.200 e. The van der Waals surface area contributed by atoms with E-state index in [1.165, 1.54) is 11.8 Å². The summed E-state index contributed by atoms with van der Waals surface area (Å²) in [5, 5.41) is 1.09. The van der Waals surface area contributed by atoms with Crippen LogP contribution >= 0.6 is 35.0 Å². The van der Waals surface area contributed by atoms with E-state index in [-0.39, 0.29) is 5.78 Å². The van der Waals surface area contributed by atoms with E-state index in [0.29, 0.717) is 26.5 Å². The van der Waals surface area contributed by atoms with Crippen molar-refractivity contribution in [1.29, 1.82) is 0 Å². The van der Waals surface area contributed by atoms with E-state index in [1.54, 1.807) is 24.3 Å². The lowest BCUT2D eigenvalue weighted by Gasteiger charge is -1.99. The Morgan fingerprint density at radius 2 is 1.71 bits per heavy atom. The zero-order chi connectivity index (χ0) is 16.7. The van der Waals surface area contributed by atoms with Gasteiger partial charge in [0, 0.05) is 26.1 Å². The van der Waals surface area contributed by atoms with Gasteiger partial charge in [0.1, 0.15) is 11.5 Å². The van der Waals surface area contributed by atoms with Crippen molar-refractivity contribution < 1.29 is 9.21 Å². The topological polar surface area (TPSA) is 30.2 Å². The van der Waals surface area contributed by atoms with Crippen LogP contribution < -0.4 is 0 Å². The number of fused-ring (bicyclic) bond motifs is 1. The molecule has 4 rings (SSSR count). The van der Waals surface area contributed by atoms with Crippen LogP contribution in [-0.4, -0.2) is 5.78 Å². The van der Waals surface area contributed by atoms with Gasteiger partial charge in [-0.2, -0.15) is 0 Å². The van der Waals surface area contributed by atoms with Crippen LogP contribution in [0.4, 0.5) is 0 Å². The monoisotopic (exact) mass is 372 g/mol. The van der Waals surface area contributed by atoms with Crippen LogP contribution in [0.5, 0.6) is 0 Å². The number of hydrogen-bond donors (Lipinski definition) is 0. The molecule has 3 aromatic rings. The summed E-state index contributed by atoms with van der Waals surface area (Å²) in [7, 11) is 0. The molecule has 118 valence electrons. The lowest BCUT2D eigenvalue weighted by molar-refractivity contribution is 0.104. The zero-order valence-electron chi connectivity index (χ0n) is 12.3. The second-order valence-corrected chi connectivity index (χ2v) is 7.25.